The molecule has 0 saturated heterocycles. The fourth-order valence-electron chi connectivity index (χ4n) is 2.06. The zero-order chi connectivity index (χ0) is 11.4. The molecule has 86 valence electrons. The topological polar surface area (TPSA) is 3.24 Å². The van der Waals surface area contributed by atoms with Gasteiger partial charge in [-0.3, -0.25) is 0 Å². The van der Waals surface area contributed by atoms with Gasteiger partial charge in [0, 0.05) is 0 Å². The minimum Gasteiger partial charge on any atom is -0.312 e. The average molecular weight is 236 g/mol. The van der Waals surface area contributed by atoms with Crippen LogP contribution >= 0.6 is 11.1 Å². The Bertz CT molecular complexity index is 163. The van der Waals surface area contributed by atoms with Crippen LogP contribution in [0, 0.1) is 0 Å². The van der Waals surface area contributed by atoms with Crippen molar-refractivity contribution < 1.29 is 0 Å². The lowest BCUT2D eigenvalue weighted by Gasteiger charge is -2.45. The molecule has 1 nitrogen and oxygen atoms in total. The molecule has 0 fully saturated rings. The van der Waals surface area contributed by atoms with E-state index >= 15 is 0 Å². The normalized spacial score (nSPS) is 17.1. The number of nitrogens with zero attached hydrogens (tertiary/aromatic N) is 1. The molecule has 0 aliphatic heterocycles. The van der Waals surface area contributed by atoms with Crippen LogP contribution in [-0.4, -0.2) is 25.2 Å². The van der Waals surface area contributed by atoms with Crippen LogP contribution in [0.15, 0.2) is 0 Å². The van der Waals surface area contributed by atoms with Crippen molar-refractivity contribution in [1.82, 2.24) is 4.57 Å². The van der Waals surface area contributed by atoms with Crippen LogP contribution < -0.4 is 0 Å². The maximum Gasteiger partial charge on any atom is 0.234 e. The highest BCUT2D eigenvalue weighted by atomic mass is 35.6. The summed E-state index contributed by atoms with van der Waals surface area (Å²) >= 11 is 6.95. The monoisotopic (exact) mass is 235 g/mol. The minimum absolute atomic E-state index is 0.261. The van der Waals surface area contributed by atoms with Crippen molar-refractivity contribution in [3.05, 3.63) is 0 Å². The highest BCUT2D eigenvalue weighted by molar-refractivity contribution is 7.20. The largest absolute Gasteiger partial charge is 0.312 e. The standard InChI is InChI=1S/C11H26ClNSi/c1-7-10-14(12,11(4,5)6)13(8-2)9-3/h7-10H2,1-6H3. The van der Waals surface area contributed by atoms with Gasteiger partial charge in [-0.1, -0.05) is 48.0 Å². The third-order valence-corrected chi connectivity index (χ3v) is 11.1. The Morgan fingerprint density at radius 2 is 1.50 bits per heavy atom. The lowest BCUT2D eigenvalue weighted by molar-refractivity contribution is 0.440. The van der Waals surface area contributed by atoms with Crippen molar-refractivity contribution in [3.8, 4) is 0 Å². The summed E-state index contributed by atoms with van der Waals surface area (Å²) in [6.07, 6.45) is 1.20. The van der Waals surface area contributed by atoms with Gasteiger partial charge in [0.15, 0.2) is 0 Å². The molecule has 0 aromatic heterocycles. The maximum absolute atomic E-state index is 6.95. The van der Waals surface area contributed by atoms with Gasteiger partial charge >= 0.3 is 0 Å². The lowest BCUT2D eigenvalue weighted by Crippen LogP contribution is -2.55. The van der Waals surface area contributed by atoms with E-state index in [-0.39, 0.29) is 5.04 Å². The van der Waals surface area contributed by atoms with Crippen molar-refractivity contribution >= 4 is 18.6 Å². The van der Waals surface area contributed by atoms with Crippen LogP contribution in [0.4, 0.5) is 0 Å². The van der Waals surface area contributed by atoms with E-state index in [0.29, 0.717) is 0 Å². The van der Waals surface area contributed by atoms with Crippen LogP contribution in [0.5, 0.6) is 0 Å². The van der Waals surface area contributed by atoms with E-state index in [2.05, 4.69) is 46.1 Å². The molecule has 0 saturated carbocycles. The van der Waals surface area contributed by atoms with Crippen molar-refractivity contribution in [2.24, 2.45) is 0 Å². The van der Waals surface area contributed by atoms with E-state index < -0.39 is 7.55 Å². The van der Waals surface area contributed by atoms with E-state index in [1.54, 1.807) is 0 Å². The number of hydrogen-bond donors (Lipinski definition) is 0. The Morgan fingerprint density at radius 3 is 1.71 bits per heavy atom. The van der Waals surface area contributed by atoms with Crippen molar-refractivity contribution in [3.63, 3.8) is 0 Å². The van der Waals surface area contributed by atoms with Gasteiger partial charge < -0.3 is 4.57 Å². The Labute approximate surface area is 95.6 Å². The zero-order valence-corrected chi connectivity index (χ0v) is 12.4. The minimum atomic E-state index is -1.77. The van der Waals surface area contributed by atoms with Gasteiger partial charge in [0.2, 0.25) is 7.55 Å². The summed E-state index contributed by atoms with van der Waals surface area (Å²) in [4.78, 5) is 0. The first-order valence-corrected chi connectivity index (χ1v) is 8.94. The molecule has 0 aromatic carbocycles. The lowest BCUT2D eigenvalue weighted by atomic mass is 10.2. The highest BCUT2D eigenvalue weighted by Crippen LogP contribution is 2.44. The molecule has 0 radical (unpaired) electrons. The molecule has 14 heavy (non-hydrogen) atoms. The molecule has 0 N–H and O–H groups in total. The Balaban J connectivity index is 4.87. The van der Waals surface area contributed by atoms with E-state index in [1.165, 1.54) is 12.5 Å². The van der Waals surface area contributed by atoms with E-state index in [0.717, 1.165) is 13.1 Å². The molecule has 0 rings (SSSR count). The number of hydrogen-bond acceptors (Lipinski definition) is 1. The smallest absolute Gasteiger partial charge is 0.234 e. The van der Waals surface area contributed by atoms with Crippen LogP contribution in [0.2, 0.25) is 11.1 Å². The van der Waals surface area contributed by atoms with Gasteiger partial charge in [-0.25, -0.2) is 0 Å². The summed E-state index contributed by atoms with van der Waals surface area (Å²) in [6.45, 7) is 15.7. The molecule has 0 heterocycles. The van der Waals surface area contributed by atoms with Gasteiger partial charge in [-0.2, -0.15) is 0 Å². The maximum atomic E-state index is 6.95. The molecule has 1 unspecified atom stereocenters. The van der Waals surface area contributed by atoms with Crippen LogP contribution in [0.25, 0.3) is 0 Å². The van der Waals surface area contributed by atoms with Crippen LogP contribution in [-0.2, 0) is 0 Å². The number of rotatable bonds is 5. The average Bonchev–Trinajstić information content (AvgIpc) is 2.04. The van der Waals surface area contributed by atoms with Gasteiger partial charge in [-0.15, -0.1) is 11.1 Å². The summed E-state index contributed by atoms with van der Waals surface area (Å²) in [6, 6.07) is 1.19. The number of halogens is 1. The van der Waals surface area contributed by atoms with Gasteiger partial charge in [0.25, 0.3) is 0 Å². The molecular weight excluding hydrogens is 210 g/mol. The molecule has 0 aliphatic rings. The van der Waals surface area contributed by atoms with Crippen LogP contribution in [0.1, 0.15) is 48.0 Å². The van der Waals surface area contributed by atoms with Crippen LogP contribution in [0.3, 0.4) is 0 Å². The van der Waals surface area contributed by atoms with Crippen molar-refractivity contribution in [2.45, 2.75) is 59.0 Å². The van der Waals surface area contributed by atoms with Gasteiger partial charge in [0.1, 0.15) is 0 Å². The summed E-state index contributed by atoms with van der Waals surface area (Å²) in [5, 5.41) is 0.261. The third-order valence-electron chi connectivity index (χ3n) is 3.00. The Hall–Kier alpha value is 0.467. The molecule has 0 aliphatic carbocycles. The summed E-state index contributed by atoms with van der Waals surface area (Å²) in [7, 11) is -1.77. The van der Waals surface area contributed by atoms with Crippen molar-refractivity contribution in [1.29, 1.82) is 0 Å². The SMILES string of the molecule is CCC[Si](Cl)(N(CC)CC)C(C)(C)C. The van der Waals surface area contributed by atoms with E-state index in [1.807, 2.05) is 0 Å². The molecule has 0 amide bonds. The van der Waals surface area contributed by atoms with E-state index in [4.69, 9.17) is 11.1 Å². The molecule has 1 atom stereocenters. The zero-order valence-electron chi connectivity index (χ0n) is 10.7. The Kier molecular flexibility index (Phi) is 5.71. The van der Waals surface area contributed by atoms with Crippen molar-refractivity contribution in [2.75, 3.05) is 13.1 Å². The second-order valence-corrected chi connectivity index (χ2v) is 11.0. The first kappa shape index (κ1) is 14.5. The Morgan fingerprint density at radius 1 is 1.07 bits per heavy atom. The first-order valence-electron chi connectivity index (χ1n) is 5.77. The molecule has 3 heteroatoms. The fourth-order valence-corrected chi connectivity index (χ4v) is 7.03. The second-order valence-electron chi connectivity index (χ2n) is 4.93. The fraction of sp³-hybridized carbons (Fsp3) is 1.00. The summed E-state index contributed by atoms with van der Waals surface area (Å²) in [5.74, 6) is 0. The quantitative estimate of drug-likeness (QED) is 0.510. The highest BCUT2D eigenvalue weighted by Gasteiger charge is 2.46. The first-order chi connectivity index (χ1) is 6.33. The molecule has 0 spiro atoms. The molecule has 0 aromatic rings. The van der Waals surface area contributed by atoms with E-state index in [9.17, 15) is 0 Å². The van der Waals surface area contributed by atoms with Gasteiger partial charge in [-0.05, 0) is 24.2 Å². The summed E-state index contributed by atoms with van der Waals surface area (Å²) < 4.78 is 2.51. The second kappa shape index (κ2) is 5.52. The third kappa shape index (κ3) is 2.98. The van der Waals surface area contributed by atoms with Gasteiger partial charge in [0.05, 0.1) is 0 Å². The predicted molar refractivity (Wildman–Crippen MR) is 69.3 cm³/mol. The molecular formula is C11H26ClNSi. The molecule has 0 bridgehead atoms. The predicted octanol–water partition coefficient (Wildman–Crippen LogP) is 4.22. The summed E-state index contributed by atoms with van der Waals surface area (Å²) in [5.41, 5.74) is 0.